The lowest BCUT2D eigenvalue weighted by atomic mass is 10.1. The molecule has 8 heteroatoms. The number of aromatic nitrogens is 2. The molecule has 25 heavy (non-hydrogen) atoms. The highest BCUT2D eigenvalue weighted by Gasteiger charge is 2.33. The van der Waals surface area contributed by atoms with Gasteiger partial charge < -0.3 is 10.2 Å². The molecule has 0 atom stereocenters. The van der Waals surface area contributed by atoms with Gasteiger partial charge in [-0.15, -0.1) is 10.2 Å². The number of alkyl halides is 3. The van der Waals surface area contributed by atoms with Gasteiger partial charge in [-0.25, -0.2) is 0 Å². The Kier molecular flexibility index (Phi) is 5.95. The van der Waals surface area contributed by atoms with E-state index >= 15 is 0 Å². The molecule has 1 heterocycles. The van der Waals surface area contributed by atoms with Crippen LogP contribution < -0.4 is 10.2 Å². The van der Waals surface area contributed by atoms with Crippen LogP contribution >= 0.6 is 0 Å². The first-order chi connectivity index (χ1) is 11.8. The molecule has 134 valence electrons. The van der Waals surface area contributed by atoms with Crippen molar-refractivity contribution in [1.82, 2.24) is 10.2 Å². The third-order valence-corrected chi connectivity index (χ3v) is 3.60. The Morgan fingerprint density at radius 1 is 1.16 bits per heavy atom. The van der Waals surface area contributed by atoms with Crippen LogP contribution in [0.1, 0.15) is 35.8 Å². The van der Waals surface area contributed by atoms with E-state index < -0.39 is 17.6 Å². The molecule has 0 radical (unpaired) electrons. The maximum absolute atomic E-state index is 13.0. The van der Waals surface area contributed by atoms with Crippen molar-refractivity contribution in [3.63, 3.8) is 0 Å². The zero-order chi connectivity index (χ0) is 18.4. The van der Waals surface area contributed by atoms with Crippen LogP contribution in [0.15, 0.2) is 36.4 Å². The van der Waals surface area contributed by atoms with Crippen molar-refractivity contribution < 1.29 is 18.0 Å². The van der Waals surface area contributed by atoms with Gasteiger partial charge in [-0.1, -0.05) is 25.5 Å². The molecule has 2 rings (SSSR count). The minimum Gasteiger partial charge on any atom is -0.358 e. The number of rotatable bonds is 6. The number of hydrogen-bond donors (Lipinski definition) is 1. The molecule has 0 spiro atoms. The summed E-state index contributed by atoms with van der Waals surface area (Å²) in [7, 11) is 1.86. The van der Waals surface area contributed by atoms with E-state index in [9.17, 15) is 18.0 Å². The minimum atomic E-state index is -4.55. The first kappa shape index (κ1) is 18.7. The van der Waals surface area contributed by atoms with E-state index in [1.54, 1.807) is 6.07 Å². The fraction of sp³-hybridized carbons (Fsp3) is 0.353. The highest BCUT2D eigenvalue weighted by molar-refractivity contribution is 6.03. The van der Waals surface area contributed by atoms with Crippen LogP contribution in [0.3, 0.4) is 0 Å². The van der Waals surface area contributed by atoms with Crippen molar-refractivity contribution in [1.29, 1.82) is 0 Å². The zero-order valence-corrected chi connectivity index (χ0v) is 14.0. The Morgan fingerprint density at radius 2 is 1.88 bits per heavy atom. The first-order valence-electron chi connectivity index (χ1n) is 7.85. The summed E-state index contributed by atoms with van der Waals surface area (Å²) in [6.45, 7) is 2.88. The van der Waals surface area contributed by atoms with Gasteiger partial charge in [-0.2, -0.15) is 13.2 Å². The predicted octanol–water partition coefficient (Wildman–Crippen LogP) is 3.98. The molecule has 0 aliphatic heterocycles. The summed E-state index contributed by atoms with van der Waals surface area (Å²) < 4.78 is 38.9. The molecule has 0 aliphatic rings. The molecule has 2 aromatic rings. The molecule has 1 N–H and O–H groups in total. The molecule has 0 bridgehead atoms. The van der Waals surface area contributed by atoms with Crippen LogP contribution in [0.5, 0.6) is 0 Å². The van der Waals surface area contributed by atoms with Crippen molar-refractivity contribution in [2.75, 3.05) is 23.8 Å². The van der Waals surface area contributed by atoms with Gasteiger partial charge in [0.1, 0.15) is 0 Å². The summed E-state index contributed by atoms with van der Waals surface area (Å²) in [6.07, 6.45) is -2.52. The highest BCUT2D eigenvalue weighted by Crippen LogP contribution is 2.34. The van der Waals surface area contributed by atoms with E-state index in [1.165, 1.54) is 24.3 Å². The first-order valence-corrected chi connectivity index (χ1v) is 7.85. The maximum atomic E-state index is 13.0. The monoisotopic (exact) mass is 352 g/mol. The van der Waals surface area contributed by atoms with Gasteiger partial charge in [0.2, 0.25) is 0 Å². The summed E-state index contributed by atoms with van der Waals surface area (Å²) in [6, 6.07) is 7.85. The number of carbonyl (C=O) groups excluding carboxylic acids is 1. The molecule has 0 unspecified atom stereocenters. The number of halogens is 3. The molecule has 5 nitrogen and oxygen atoms in total. The van der Waals surface area contributed by atoms with Crippen molar-refractivity contribution >= 4 is 17.4 Å². The van der Waals surface area contributed by atoms with Crippen molar-refractivity contribution in [2.24, 2.45) is 0 Å². The van der Waals surface area contributed by atoms with Crippen LogP contribution in [0.25, 0.3) is 0 Å². The number of benzene rings is 1. The smallest absolute Gasteiger partial charge is 0.358 e. The summed E-state index contributed by atoms with van der Waals surface area (Å²) in [5, 5.41) is 10.0. The van der Waals surface area contributed by atoms with Gasteiger partial charge in [0, 0.05) is 13.6 Å². The van der Waals surface area contributed by atoms with Crippen LogP contribution in [-0.2, 0) is 6.18 Å². The van der Waals surface area contributed by atoms with Gasteiger partial charge in [-0.05, 0) is 30.7 Å². The lowest BCUT2D eigenvalue weighted by molar-refractivity contribution is -0.136. The summed E-state index contributed by atoms with van der Waals surface area (Å²) >= 11 is 0. The number of nitrogens with one attached hydrogen (secondary N) is 1. The second kappa shape index (κ2) is 7.96. The average molecular weight is 352 g/mol. The number of anilines is 2. The van der Waals surface area contributed by atoms with Crippen LogP contribution in [-0.4, -0.2) is 29.7 Å². The number of amides is 1. The molecule has 0 aliphatic carbocycles. The molecular weight excluding hydrogens is 333 g/mol. The SMILES string of the molecule is CCCCN(C)c1ccc(C(=O)Nc2ccccc2C(F)(F)F)nn1. The zero-order valence-electron chi connectivity index (χ0n) is 14.0. The van der Waals surface area contributed by atoms with Gasteiger partial charge in [0.15, 0.2) is 11.5 Å². The number of para-hydroxylation sites is 1. The molecule has 1 aromatic carbocycles. The van der Waals surface area contributed by atoms with Gasteiger partial charge in [0.05, 0.1) is 11.3 Å². The summed E-state index contributed by atoms with van der Waals surface area (Å²) in [5.41, 5.74) is -1.28. The number of unbranched alkanes of at least 4 members (excludes halogenated alkanes) is 1. The molecule has 1 aromatic heterocycles. The molecule has 1 amide bonds. The predicted molar refractivity (Wildman–Crippen MR) is 89.6 cm³/mol. The third kappa shape index (κ3) is 4.91. The largest absolute Gasteiger partial charge is 0.418 e. The van der Waals surface area contributed by atoms with Crippen LogP contribution in [0, 0.1) is 0 Å². The average Bonchev–Trinajstić information content (AvgIpc) is 2.59. The maximum Gasteiger partial charge on any atom is 0.418 e. The van der Waals surface area contributed by atoms with Crippen LogP contribution in [0.4, 0.5) is 24.7 Å². The lowest BCUT2D eigenvalue weighted by Gasteiger charge is -2.17. The van der Waals surface area contributed by atoms with E-state index in [4.69, 9.17) is 0 Å². The van der Waals surface area contributed by atoms with E-state index in [0.717, 1.165) is 25.5 Å². The summed E-state index contributed by atoms with van der Waals surface area (Å²) in [4.78, 5) is 14.1. The van der Waals surface area contributed by atoms with Gasteiger partial charge >= 0.3 is 6.18 Å². The normalized spacial score (nSPS) is 11.2. The number of nitrogens with zero attached hydrogens (tertiary/aromatic N) is 3. The summed E-state index contributed by atoms with van der Waals surface area (Å²) in [5.74, 6) is -0.146. The van der Waals surface area contributed by atoms with Crippen molar-refractivity contribution in [3.8, 4) is 0 Å². The quantitative estimate of drug-likeness (QED) is 0.854. The van der Waals surface area contributed by atoms with E-state index in [2.05, 4.69) is 22.4 Å². The molecular formula is C17H19F3N4O. The fourth-order valence-corrected chi connectivity index (χ4v) is 2.19. The minimum absolute atomic E-state index is 0.0513. The molecule has 0 saturated heterocycles. The number of hydrogen-bond acceptors (Lipinski definition) is 4. The Hall–Kier alpha value is -2.64. The van der Waals surface area contributed by atoms with E-state index in [1.807, 2.05) is 11.9 Å². The number of carbonyl (C=O) groups is 1. The highest BCUT2D eigenvalue weighted by atomic mass is 19.4. The van der Waals surface area contributed by atoms with Crippen molar-refractivity contribution in [2.45, 2.75) is 25.9 Å². The second-order valence-electron chi connectivity index (χ2n) is 5.55. The molecule has 0 fully saturated rings. The Labute approximate surface area is 143 Å². The topological polar surface area (TPSA) is 58.1 Å². The Bertz CT molecular complexity index is 717. The van der Waals surface area contributed by atoms with Gasteiger partial charge in [-0.3, -0.25) is 4.79 Å². The molecule has 0 saturated carbocycles. The fourth-order valence-electron chi connectivity index (χ4n) is 2.19. The van der Waals surface area contributed by atoms with E-state index in [-0.39, 0.29) is 11.4 Å². The van der Waals surface area contributed by atoms with Crippen LogP contribution in [0.2, 0.25) is 0 Å². The van der Waals surface area contributed by atoms with Gasteiger partial charge in [0.25, 0.3) is 5.91 Å². The van der Waals surface area contributed by atoms with E-state index in [0.29, 0.717) is 5.82 Å². The second-order valence-corrected chi connectivity index (χ2v) is 5.55. The standard InChI is InChI=1S/C17H19F3N4O/c1-3-4-11-24(2)15-10-9-14(22-23-15)16(25)21-13-8-6-5-7-12(13)17(18,19)20/h5-10H,3-4,11H2,1-2H3,(H,21,25). The Balaban J connectivity index is 2.12. The third-order valence-electron chi connectivity index (χ3n) is 3.60. The van der Waals surface area contributed by atoms with Crippen molar-refractivity contribution in [3.05, 3.63) is 47.7 Å². The Morgan fingerprint density at radius 3 is 2.48 bits per heavy atom. The lowest BCUT2D eigenvalue weighted by Crippen LogP contribution is -2.21.